The number of nitrogens with one attached hydrogen (secondary N) is 1. The molecule has 0 aliphatic carbocycles. The van der Waals surface area contributed by atoms with Gasteiger partial charge < -0.3 is 9.84 Å². The van der Waals surface area contributed by atoms with Crippen LogP contribution in [0.1, 0.15) is 41.0 Å². The molecule has 0 unspecified atom stereocenters. The van der Waals surface area contributed by atoms with Crippen LogP contribution in [0.3, 0.4) is 0 Å². The number of aromatic nitrogens is 1. The number of sulfonamides is 1. The molecule has 1 amide bonds. The summed E-state index contributed by atoms with van der Waals surface area (Å²) in [6.45, 7) is 6.15. The molecule has 0 bridgehead atoms. The van der Waals surface area contributed by atoms with Crippen LogP contribution in [0.5, 0.6) is 0 Å². The van der Waals surface area contributed by atoms with Crippen molar-refractivity contribution in [2.75, 3.05) is 18.4 Å². The molecular weight excluding hydrogens is 450 g/mol. The van der Waals surface area contributed by atoms with Crippen molar-refractivity contribution in [2.24, 2.45) is 5.92 Å². The van der Waals surface area contributed by atoms with E-state index in [9.17, 15) is 13.2 Å². The smallest absolute Gasteiger partial charge is 0.248 e. The fourth-order valence-electron chi connectivity index (χ4n) is 4.02. The highest BCUT2D eigenvalue weighted by atomic mass is 32.2. The number of nitrogens with zero attached hydrogens (tertiary/aromatic N) is 2. The van der Waals surface area contributed by atoms with Crippen molar-refractivity contribution < 1.29 is 17.7 Å². The van der Waals surface area contributed by atoms with Crippen LogP contribution in [0.15, 0.2) is 57.9 Å². The molecule has 0 spiro atoms. The first-order valence-corrected chi connectivity index (χ1v) is 12.8. The third kappa shape index (κ3) is 5.29. The van der Waals surface area contributed by atoms with E-state index >= 15 is 0 Å². The number of aryl methyl sites for hydroxylation is 3. The van der Waals surface area contributed by atoms with Crippen molar-refractivity contribution >= 4 is 33.8 Å². The Kier molecular flexibility index (Phi) is 7.00. The maximum atomic E-state index is 13.4. The SMILES string of the molecule is Cc1ccc(/C=C/c2onc(C)c2S(=O)(=O)N2CCC(C(=O)Nc3ccc(C)cc3)CC2)cc1. The molecule has 2 aromatic carbocycles. The second-order valence-corrected chi connectivity index (χ2v) is 10.6. The first-order chi connectivity index (χ1) is 16.2. The quantitative estimate of drug-likeness (QED) is 0.548. The van der Waals surface area contributed by atoms with E-state index in [0.717, 1.165) is 22.4 Å². The fourth-order valence-corrected chi connectivity index (χ4v) is 5.74. The summed E-state index contributed by atoms with van der Waals surface area (Å²) >= 11 is 0. The van der Waals surface area contributed by atoms with Gasteiger partial charge in [-0.3, -0.25) is 4.79 Å². The predicted molar refractivity (Wildman–Crippen MR) is 133 cm³/mol. The maximum Gasteiger partial charge on any atom is 0.248 e. The Morgan fingerprint density at radius 3 is 2.18 bits per heavy atom. The number of hydrogen-bond acceptors (Lipinski definition) is 5. The highest BCUT2D eigenvalue weighted by Crippen LogP contribution is 2.29. The zero-order valence-electron chi connectivity index (χ0n) is 19.6. The summed E-state index contributed by atoms with van der Waals surface area (Å²) in [6, 6.07) is 15.5. The van der Waals surface area contributed by atoms with Gasteiger partial charge in [-0.25, -0.2) is 8.42 Å². The molecular formula is C26H29N3O4S. The zero-order chi connectivity index (χ0) is 24.3. The van der Waals surface area contributed by atoms with Crippen LogP contribution in [0.2, 0.25) is 0 Å². The summed E-state index contributed by atoms with van der Waals surface area (Å²) in [5.74, 6) is -0.113. The number of hydrogen-bond donors (Lipinski definition) is 1. The fraction of sp³-hybridized carbons (Fsp3) is 0.308. The summed E-state index contributed by atoms with van der Waals surface area (Å²) in [5.41, 5.74) is 4.27. The average Bonchev–Trinajstić information content (AvgIpc) is 3.21. The lowest BCUT2D eigenvalue weighted by molar-refractivity contribution is -0.120. The molecule has 1 fully saturated rings. The Labute approximate surface area is 200 Å². The van der Waals surface area contributed by atoms with Crippen LogP contribution >= 0.6 is 0 Å². The van der Waals surface area contributed by atoms with Gasteiger partial charge in [-0.1, -0.05) is 58.8 Å². The van der Waals surface area contributed by atoms with Crippen molar-refractivity contribution in [2.45, 2.75) is 38.5 Å². The summed E-state index contributed by atoms with van der Waals surface area (Å²) in [4.78, 5) is 12.8. The molecule has 1 aliphatic rings. The van der Waals surface area contributed by atoms with Gasteiger partial charge in [0.05, 0.1) is 0 Å². The van der Waals surface area contributed by atoms with Crippen LogP contribution in [-0.4, -0.2) is 36.9 Å². The van der Waals surface area contributed by atoms with E-state index < -0.39 is 10.0 Å². The molecule has 1 aliphatic heterocycles. The second kappa shape index (κ2) is 9.95. The third-order valence-corrected chi connectivity index (χ3v) is 8.14. The molecule has 178 valence electrons. The zero-order valence-corrected chi connectivity index (χ0v) is 20.4. The van der Waals surface area contributed by atoms with Gasteiger partial charge in [0.15, 0.2) is 10.7 Å². The van der Waals surface area contributed by atoms with Crippen LogP contribution < -0.4 is 5.32 Å². The van der Waals surface area contributed by atoms with E-state index in [1.165, 1.54) is 4.31 Å². The summed E-state index contributed by atoms with van der Waals surface area (Å²) in [7, 11) is -3.81. The lowest BCUT2D eigenvalue weighted by Crippen LogP contribution is -2.41. The lowest BCUT2D eigenvalue weighted by atomic mass is 9.97. The number of anilines is 1. The Morgan fingerprint density at radius 1 is 0.971 bits per heavy atom. The molecule has 34 heavy (non-hydrogen) atoms. The number of carbonyl (C=O) groups excluding carboxylic acids is 1. The van der Waals surface area contributed by atoms with E-state index in [1.807, 2.05) is 62.4 Å². The maximum absolute atomic E-state index is 13.4. The van der Waals surface area contributed by atoms with Gasteiger partial charge in [0.25, 0.3) is 0 Å². The minimum Gasteiger partial charge on any atom is -0.355 e. The summed E-state index contributed by atoms with van der Waals surface area (Å²) < 4.78 is 33.6. The van der Waals surface area contributed by atoms with Gasteiger partial charge >= 0.3 is 0 Å². The summed E-state index contributed by atoms with van der Waals surface area (Å²) in [6.07, 6.45) is 4.35. The molecule has 3 aromatic rings. The highest BCUT2D eigenvalue weighted by molar-refractivity contribution is 7.89. The Balaban J connectivity index is 1.44. The normalized spacial score (nSPS) is 15.6. The van der Waals surface area contributed by atoms with E-state index in [-0.39, 0.29) is 35.6 Å². The predicted octanol–water partition coefficient (Wildman–Crippen LogP) is 4.81. The first kappa shape index (κ1) is 23.9. The van der Waals surface area contributed by atoms with Gasteiger partial charge in [-0.2, -0.15) is 4.31 Å². The standard InChI is InChI=1S/C26H29N3O4S/c1-18-4-8-21(9-5-18)10-13-24-25(20(3)28-33-24)34(31,32)29-16-14-22(15-17-29)26(30)27-23-11-6-19(2)7-12-23/h4-13,22H,14-17H2,1-3H3,(H,27,30)/b13-10+. The molecule has 0 radical (unpaired) electrons. The van der Waals surface area contributed by atoms with Gasteiger partial charge in [0.1, 0.15) is 5.69 Å². The molecule has 4 rings (SSSR count). The molecule has 1 saturated heterocycles. The monoisotopic (exact) mass is 479 g/mol. The van der Waals surface area contributed by atoms with Crippen molar-refractivity contribution in [3.8, 4) is 0 Å². The van der Waals surface area contributed by atoms with Crippen molar-refractivity contribution in [1.29, 1.82) is 0 Å². The first-order valence-electron chi connectivity index (χ1n) is 11.3. The molecule has 1 aromatic heterocycles. The van der Waals surface area contributed by atoms with Crippen LogP contribution in [0.4, 0.5) is 5.69 Å². The van der Waals surface area contributed by atoms with Gasteiger partial charge in [0.2, 0.25) is 15.9 Å². The lowest BCUT2D eigenvalue weighted by Gasteiger charge is -2.30. The van der Waals surface area contributed by atoms with Gasteiger partial charge in [0, 0.05) is 24.7 Å². The van der Waals surface area contributed by atoms with Crippen molar-refractivity contribution in [3.05, 3.63) is 76.7 Å². The van der Waals surface area contributed by atoms with Crippen LogP contribution in [0.25, 0.3) is 12.2 Å². The Bertz CT molecular complexity index is 1280. The Hall–Kier alpha value is -3.23. The minimum absolute atomic E-state index is 0.0798. The topological polar surface area (TPSA) is 92.5 Å². The number of benzene rings is 2. The van der Waals surface area contributed by atoms with Gasteiger partial charge in [-0.05, 0) is 57.4 Å². The third-order valence-electron chi connectivity index (χ3n) is 6.08. The minimum atomic E-state index is -3.81. The summed E-state index contributed by atoms with van der Waals surface area (Å²) in [5, 5.41) is 6.84. The molecule has 7 nitrogen and oxygen atoms in total. The van der Waals surface area contributed by atoms with E-state index in [1.54, 1.807) is 19.1 Å². The van der Waals surface area contributed by atoms with E-state index in [4.69, 9.17) is 4.52 Å². The number of carbonyl (C=O) groups is 1. The molecule has 0 atom stereocenters. The number of amides is 1. The van der Waals surface area contributed by atoms with E-state index in [0.29, 0.717) is 18.5 Å². The molecule has 8 heteroatoms. The molecule has 0 saturated carbocycles. The largest absolute Gasteiger partial charge is 0.355 e. The number of piperidine rings is 1. The van der Waals surface area contributed by atoms with E-state index in [2.05, 4.69) is 10.5 Å². The average molecular weight is 480 g/mol. The van der Waals surface area contributed by atoms with Gasteiger partial charge in [-0.15, -0.1) is 0 Å². The van der Waals surface area contributed by atoms with Crippen molar-refractivity contribution in [1.82, 2.24) is 9.46 Å². The van der Waals surface area contributed by atoms with Crippen LogP contribution in [0, 0.1) is 26.7 Å². The second-order valence-electron chi connectivity index (χ2n) is 8.74. The molecule has 2 heterocycles. The number of rotatable bonds is 6. The van der Waals surface area contributed by atoms with Crippen molar-refractivity contribution in [3.63, 3.8) is 0 Å². The Morgan fingerprint density at radius 2 is 1.56 bits per heavy atom. The highest BCUT2D eigenvalue weighted by Gasteiger charge is 2.35. The molecule has 1 N–H and O–H groups in total. The van der Waals surface area contributed by atoms with Crippen LogP contribution in [-0.2, 0) is 14.8 Å².